The van der Waals surface area contributed by atoms with Gasteiger partial charge in [-0.05, 0) is 125 Å². The number of carbonyl (C=O) groups excluding carboxylic acids is 6. The normalized spacial score (nSPS) is 36.0. The van der Waals surface area contributed by atoms with Crippen LogP contribution in [0.15, 0.2) is 77.0 Å². The molecule has 1 aliphatic carbocycles. The molecule has 1 amide bonds. The Labute approximate surface area is 448 Å². The summed E-state index contributed by atoms with van der Waals surface area (Å²) in [5, 5.41) is 27.1. The molecule has 15 atom stereocenters. The number of ketones is 3. The molecule has 2 bridgehead atoms. The van der Waals surface area contributed by atoms with Gasteiger partial charge in [-0.1, -0.05) is 88.3 Å². The fraction of sp³-hybridized carbons (Fsp3) is 0.655. The molecule has 3 aliphatic heterocycles. The van der Waals surface area contributed by atoms with Crippen molar-refractivity contribution in [2.24, 2.45) is 40.6 Å². The van der Waals surface area contributed by atoms with Gasteiger partial charge in [-0.2, -0.15) is 0 Å². The van der Waals surface area contributed by atoms with E-state index in [9.17, 15) is 39.0 Å². The number of rotatable bonds is 9. The number of aliphatic hydroxyl groups excluding tert-OH is 1. The number of nitrogens with zero attached hydrogens (tertiary/aromatic N) is 4. The number of azide groups is 1. The summed E-state index contributed by atoms with van der Waals surface area (Å²) in [6.07, 6.45) is 10.2. The maximum Gasteiger partial charge on any atom is 0.338 e. The molecule has 5 rings (SSSR count). The highest BCUT2D eigenvalue weighted by atomic mass is 16.6. The second-order valence-corrected chi connectivity index (χ2v) is 21.7. The van der Waals surface area contributed by atoms with Gasteiger partial charge >= 0.3 is 11.9 Å². The number of esters is 2. The van der Waals surface area contributed by atoms with Gasteiger partial charge in [0.25, 0.3) is 11.7 Å². The average Bonchev–Trinajstić information content (AvgIpc) is 3.40. The highest BCUT2D eigenvalue weighted by Gasteiger charge is 2.53. The molecule has 18 nitrogen and oxygen atoms in total. The third-order valence-electron chi connectivity index (χ3n) is 16.0. The first-order chi connectivity index (χ1) is 36.1. The van der Waals surface area contributed by atoms with Gasteiger partial charge in [-0.3, -0.25) is 19.2 Å². The monoisotopic (exact) mass is 1060 g/mol. The smallest absolute Gasteiger partial charge is 0.338 e. The Bertz CT molecular complexity index is 2360. The number of amides is 1. The number of piperidine rings is 1. The SMILES string of the molecule is CO[C@H]1C[C@@H]2CC[C@@H](C)[C@@](O)(O2)C(=O)C(=O)N2CCCC[C@H]2C(=O)O[C@H]([C@H](C)C[C@H]2CC[C@@H](OC(=O)c3ccc(N=[N+]=[N-])cc3)[C@H](OC)C2)CC(=O)[C@H](C)/C=C(\C)[C@@H](O)[C@@H](OC)C(=O)[C@H](C)C[C@H](C)\C=C/C=C/C=C/1C. The van der Waals surface area contributed by atoms with Gasteiger partial charge < -0.3 is 43.5 Å². The van der Waals surface area contributed by atoms with E-state index >= 15 is 0 Å². The fourth-order valence-corrected chi connectivity index (χ4v) is 11.2. The number of fused-ring (bicyclic) bond motifs is 3. The molecule has 76 heavy (non-hydrogen) atoms. The Balaban J connectivity index is 1.44. The second kappa shape index (κ2) is 28.9. The Morgan fingerprint density at radius 1 is 0.882 bits per heavy atom. The summed E-state index contributed by atoms with van der Waals surface area (Å²) in [4.78, 5) is 88.6. The van der Waals surface area contributed by atoms with Gasteiger partial charge in [0.05, 0.1) is 23.9 Å². The van der Waals surface area contributed by atoms with Crippen LogP contribution < -0.4 is 0 Å². The Morgan fingerprint density at radius 2 is 1.61 bits per heavy atom. The predicted molar refractivity (Wildman–Crippen MR) is 284 cm³/mol. The Morgan fingerprint density at radius 3 is 2.28 bits per heavy atom. The number of methoxy groups -OCH3 is 3. The van der Waals surface area contributed by atoms with Crippen molar-refractivity contribution in [1.29, 1.82) is 0 Å². The standard InChI is InChI=1S/C58H82N4O14/c1-34-16-12-11-13-17-35(2)48(71-8)32-44-25-19-40(7)58(70,76-44)54(66)55(67)62-27-15-14-18-45(62)57(69)75-49(33-46(63)36(3)29-39(6)52(65)53(73-10)51(64)38(5)28-34)37(4)30-41-20-26-47(50(31-41)72-9)74-56(68)42-21-23-43(24-22-42)60-61-59/h11-13,16-17,21-24,29,34,36-38,40-41,44-45,47-50,52-53,65,70H,14-15,18-20,25-28,30-33H2,1-10H3/b13-11+,16-12-,35-17+,39-29+/t34-,36-,37-,38-,40-,41-,44+,45+,47-,48+,49+,50-,52-,53+,58-/m1/s1. The Hall–Kier alpha value is -5.33. The van der Waals surface area contributed by atoms with Crippen LogP contribution in [-0.2, 0) is 52.4 Å². The van der Waals surface area contributed by atoms with Gasteiger partial charge in [0.15, 0.2) is 5.78 Å². The summed E-state index contributed by atoms with van der Waals surface area (Å²) in [6, 6.07) is 4.89. The van der Waals surface area contributed by atoms with E-state index in [-0.39, 0.29) is 48.4 Å². The lowest BCUT2D eigenvalue weighted by molar-refractivity contribution is -0.265. The van der Waals surface area contributed by atoms with E-state index in [1.54, 1.807) is 48.0 Å². The highest BCUT2D eigenvalue weighted by Crippen LogP contribution is 2.38. The number of benzene rings is 1. The van der Waals surface area contributed by atoms with Crippen LogP contribution in [0.4, 0.5) is 5.69 Å². The minimum Gasteiger partial charge on any atom is -0.460 e. The van der Waals surface area contributed by atoms with Crippen LogP contribution in [0.25, 0.3) is 10.4 Å². The summed E-state index contributed by atoms with van der Waals surface area (Å²) in [5.74, 6) is -9.08. The molecule has 2 N–H and O–H groups in total. The van der Waals surface area contributed by atoms with E-state index in [0.717, 1.165) is 5.57 Å². The summed E-state index contributed by atoms with van der Waals surface area (Å²) in [7, 11) is 4.48. The van der Waals surface area contributed by atoms with Crippen molar-refractivity contribution < 1.29 is 67.4 Å². The lowest BCUT2D eigenvalue weighted by Gasteiger charge is -2.42. The van der Waals surface area contributed by atoms with Crippen LogP contribution in [0.3, 0.4) is 0 Å². The van der Waals surface area contributed by atoms with E-state index in [4.69, 9.17) is 34.0 Å². The van der Waals surface area contributed by atoms with Crippen molar-refractivity contribution in [3.05, 3.63) is 87.9 Å². The maximum absolute atomic E-state index is 14.6. The van der Waals surface area contributed by atoms with Crippen molar-refractivity contribution in [2.75, 3.05) is 27.9 Å². The first-order valence-corrected chi connectivity index (χ1v) is 27.0. The van der Waals surface area contributed by atoms with E-state index in [1.165, 1.54) is 36.3 Å². The van der Waals surface area contributed by atoms with Crippen molar-refractivity contribution in [3.8, 4) is 0 Å². The molecule has 2 saturated heterocycles. The summed E-state index contributed by atoms with van der Waals surface area (Å²) >= 11 is 0. The zero-order valence-electron chi connectivity index (χ0n) is 46.1. The van der Waals surface area contributed by atoms with Crippen LogP contribution in [0.2, 0.25) is 0 Å². The van der Waals surface area contributed by atoms with E-state index in [1.807, 2.05) is 51.2 Å². The van der Waals surface area contributed by atoms with E-state index in [2.05, 4.69) is 10.0 Å². The molecule has 1 aromatic rings. The summed E-state index contributed by atoms with van der Waals surface area (Å²) < 4.78 is 35.7. The molecule has 418 valence electrons. The molecule has 0 aromatic heterocycles. The molecular formula is C58H82N4O14. The minimum absolute atomic E-state index is 0.00559. The molecular weight excluding hydrogens is 977 g/mol. The topological polar surface area (TPSA) is 250 Å². The van der Waals surface area contributed by atoms with Crippen molar-refractivity contribution >= 4 is 40.9 Å². The van der Waals surface area contributed by atoms with Crippen LogP contribution in [0.5, 0.6) is 0 Å². The predicted octanol–water partition coefficient (Wildman–Crippen LogP) is 8.99. The number of carbonyl (C=O) groups is 6. The third kappa shape index (κ3) is 16.1. The molecule has 1 saturated carbocycles. The van der Waals surface area contributed by atoms with Crippen molar-refractivity contribution in [3.63, 3.8) is 0 Å². The number of ether oxygens (including phenoxy) is 6. The Kier molecular flexibility index (Phi) is 23.4. The zero-order valence-corrected chi connectivity index (χ0v) is 46.1. The number of hydrogen-bond acceptors (Lipinski definition) is 15. The van der Waals surface area contributed by atoms with Crippen LogP contribution in [-0.4, -0.2) is 133 Å². The van der Waals surface area contributed by atoms with E-state index < -0.39 is 102 Å². The average molecular weight is 1060 g/mol. The maximum atomic E-state index is 14.6. The third-order valence-corrected chi connectivity index (χ3v) is 16.0. The summed E-state index contributed by atoms with van der Waals surface area (Å²) in [6.45, 7) is 12.6. The quantitative estimate of drug-likeness (QED) is 0.0585. The first-order valence-electron chi connectivity index (χ1n) is 27.0. The molecule has 0 radical (unpaired) electrons. The number of cyclic esters (lactones) is 1. The van der Waals surface area contributed by atoms with Gasteiger partial charge in [-0.15, -0.1) is 0 Å². The molecule has 0 unspecified atom stereocenters. The second-order valence-electron chi connectivity index (χ2n) is 21.7. The number of aliphatic hydroxyl groups is 2. The van der Waals surface area contributed by atoms with Gasteiger partial charge in [0.1, 0.15) is 36.2 Å². The number of hydrogen-bond donors (Lipinski definition) is 2. The highest BCUT2D eigenvalue weighted by molar-refractivity contribution is 6.39. The number of allylic oxidation sites excluding steroid dienone is 6. The first kappa shape index (κ1) is 61.5. The zero-order chi connectivity index (χ0) is 55.9. The van der Waals surface area contributed by atoms with Crippen LogP contribution >= 0.6 is 0 Å². The van der Waals surface area contributed by atoms with Gasteiger partial charge in [0, 0.05) is 69.1 Å². The summed E-state index contributed by atoms with van der Waals surface area (Å²) in [5.41, 5.74) is 10.6. The van der Waals surface area contributed by atoms with Gasteiger partial charge in [-0.25, -0.2) is 9.59 Å². The minimum atomic E-state index is -2.47. The van der Waals surface area contributed by atoms with E-state index in [0.29, 0.717) is 75.5 Å². The molecule has 4 aliphatic rings. The molecule has 0 spiro atoms. The fourth-order valence-electron chi connectivity index (χ4n) is 11.2. The van der Waals surface area contributed by atoms with Crippen molar-refractivity contribution in [1.82, 2.24) is 4.90 Å². The van der Waals surface area contributed by atoms with Crippen LogP contribution in [0, 0.1) is 35.5 Å². The largest absolute Gasteiger partial charge is 0.460 e. The lowest BCUT2D eigenvalue weighted by atomic mass is 9.78. The number of Topliss-reactive ketones (excluding diaryl/α,β-unsaturated/α-hetero) is 3. The molecule has 3 fully saturated rings. The van der Waals surface area contributed by atoms with Crippen molar-refractivity contribution in [2.45, 2.75) is 180 Å². The lowest BCUT2D eigenvalue weighted by Crippen LogP contribution is -2.61. The molecule has 18 heteroatoms. The van der Waals surface area contributed by atoms with Crippen LogP contribution in [0.1, 0.15) is 136 Å². The molecule has 3 heterocycles. The van der Waals surface area contributed by atoms with Gasteiger partial charge in [0.2, 0.25) is 5.79 Å². The molecule has 1 aromatic carbocycles.